The maximum absolute atomic E-state index is 12.3. The number of hydrogen-bond donors (Lipinski definition) is 0. The molecule has 3 rings (SSSR count). The summed E-state index contributed by atoms with van der Waals surface area (Å²) in [6.07, 6.45) is 2.98. The Morgan fingerprint density at radius 3 is 2.60 bits per heavy atom. The van der Waals surface area contributed by atoms with Crippen molar-refractivity contribution in [2.45, 2.75) is 6.61 Å². The fraction of sp³-hybridized carbons (Fsp3) is 0.111. The zero-order valence-electron chi connectivity index (χ0n) is 13.5. The molecule has 0 bridgehead atoms. The molecule has 7 heteroatoms. The van der Waals surface area contributed by atoms with E-state index in [1.165, 1.54) is 19.4 Å². The van der Waals surface area contributed by atoms with Gasteiger partial charge in [-0.3, -0.25) is 4.57 Å². The lowest BCUT2D eigenvalue weighted by Crippen LogP contribution is -2.12. The van der Waals surface area contributed by atoms with Gasteiger partial charge in [0.2, 0.25) is 0 Å². The molecule has 0 saturated carbocycles. The molecule has 0 atom stereocenters. The number of carbonyl (C=O) groups excluding carboxylic acids is 2. The van der Waals surface area contributed by atoms with E-state index in [-0.39, 0.29) is 12.3 Å². The average molecular weight is 337 g/mol. The SMILES string of the molecule is COC(=O)c1cccc(COC(=O)c2cncn2-c2ccccc2)n1. The molecule has 0 amide bonds. The van der Waals surface area contributed by atoms with Crippen LogP contribution in [0.25, 0.3) is 5.69 Å². The van der Waals surface area contributed by atoms with Crippen LogP contribution in [0.5, 0.6) is 0 Å². The first-order valence-corrected chi connectivity index (χ1v) is 7.48. The molecule has 2 heterocycles. The lowest BCUT2D eigenvalue weighted by molar-refractivity contribution is 0.0458. The van der Waals surface area contributed by atoms with Gasteiger partial charge in [-0.1, -0.05) is 24.3 Å². The topological polar surface area (TPSA) is 83.3 Å². The summed E-state index contributed by atoms with van der Waals surface area (Å²) >= 11 is 0. The van der Waals surface area contributed by atoms with Gasteiger partial charge in [0.05, 0.1) is 25.3 Å². The number of para-hydroxylation sites is 1. The average Bonchev–Trinajstić information content (AvgIpc) is 3.16. The molecular formula is C18H15N3O4. The molecule has 0 saturated heterocycles. The van der Waals surface area contributed by atoms with Crippen molar-refractivity contribution in [3.63, 3.8) is 0 Å². The van der Waals surface area contributed by atoms with Crippen LogP contribution in [0.3, 0.4) is 0 Å². The molecule has 7 nitrogen and oxygen atoms in total. The van der Waals surface area contributed by atoms with Crippen molar-refractivity contribution in [2.75, 3.05) is 7.11 Å². The van der Waals surface area contributed by atoms with Gasteiger partial charge in [-0.15, -0.1) is 0 Å². The first-order chi connectivity index (χ1) is 12.2. The van der Waals surface area contributed by atoms with Gasteiger partial charge in [0.25, 0.3) is 0 Å². The maximum Gasteiger partial charge on any atom is 0.357 e. The Morgan fingerprint density at radius 2 is 1.84 bits per heavy atom. The van der Waals surface area contributed by atoms with Gasteiger partial charge in [-0.25, -0.2) is 19.6 Å². The fourth-order valence-corrected chi connectivity index (χ4v) is 2.23. The first-order valence-electron chi connectivity index (χ1n) is 7.48. The molecule has 0 unspecified atom stereocenters. The van der Waals surface area contributed by atoms with E-state index in [2.05, 4.69) is 14.7 Å². The minimum Gasteiger partial charge on any atom is -0.464 e. The highest BCUT2D eigenvalue weighted by Crippen LogP contribution is 2.12. The highest BCUT2D eigenvalue weighted by Gasteiger charge is 2.15. The van der Waals surface area contributed by atoms with Crippen LogP contribution in [0.2, 0.25) is 0 Å². The maximum atomic E-state index is 12.3. The molecular weight excluding hydrogens is 322 g/mol. The molecule has 25 heavy (non-hydrogen) atoms. The summed E-state index contributed by atoms with van der Waals surface area (Å²) in [7, 11) is 1.28. The third kappa shape index (κ3) is 3.72. The smallest absolute Gasteiger partial charge is 0.357 e. The Balaban J connectivity index is 1.72. The van der Waals surface area contributed by atoms with Crippen molar-refractivity contribution in [1.29, 1.82) is 0 Å². The summed E-state index contributed by atoms with van der Waals surface area (Å²) in [5.74, 6) is -1.08. The van der Waals surface area contributed by atoms with Crippen molar-refractivity contribution >= 4 is 11.9 Å². The Kier molecular flexibility index (Phi) is 4.84. The van der Waals surface area contributed by atoms with Crippen molar-refractivity contribution in [3.8, 4) is 5.69 Å². The Hall–Kier alpha value is -3.48. The summed E-state index contributed by atoms with van der Waals surface area (Å²) in [5, 5.41) is 0. The number of ether oxygens (including phenoxy) is 2. The van der Waals surface area contributed by atoms with Gasteiger partial charge >= 0.3 is 11.9 Å². The number of esters is 2. The van der Waals surface area contributed by atoms with Crippen LogP contribution < -0.4 is 0 Å². The second kappa shape index (κ2) is 7.39. The first kappa shape index (κ1) is 16.4. The predicted molar refractivity (Wildman–Crippen MR) is 88.3 cm³/mol. The van der Waals surface area contributed by atoms with Gasteiger partial charge in [-0.05, 0) is 24.3 Å². The largest absolute Gasteiger partial charge is 0.464 e. The number of imidazole rings is 1. The summed E-state index contributed by atoms with van der Waals surface area (Å²) < 4.78 is 11.5. The van der Waals surface area contributed by atoms with Crippen LogP contribution in [-0.4, -0.2) is 33.6 Å². The van der Waals surface area contributed by atoms with E-state index >= 15 is 0 Å². The Morgan fingerprint density at radius 1 is 1.04 bits per heavy atom. The van der Waals surface area contributed by atoms with E-state index in [1.54, 1.807) is 23.0 Å². The van der Waals surface area contributed by atoms with Crippen LogP contribution in [0.15, 0.2) is 61.1 Å². The van der Waals surface area contributed by atoms with E-state index < -0.39 is 11.9 Å². The minimum absolute atomic E-state index is 0.0658. The lowest BCUT2D eigenvalue weighted by Gasteiger charge is -2.08. The number of rotatable bonds is 5. The van der Waals surface area contributed by atoms with Crippen molar-refractivity contribution in [2.24, 2.45) is 0 Å². The molecule has 0 fully saturated rings. The van der Waals surface area contributed by atoms with Crippen LogP contribution in [0, 0.1) is 0 Å². The molecule has 0 aliphatic rings. The van der Waals surface area contributed by atoms with Gasteiger partial charge in [0.15, 0.2) is 5.69 Å². The van der Waals surface area contributed by atoms with E-state index in [9.17, 15) is 9.59 Å². The predicted octanol–water partition coefficient (Wildman–Crippen LogP) is 2.41. The second-order valence-electron chi connectivity index (χ2n) is 5.07. The molecule has 0 aliphatic heterocycles. The molecule has 0 aliphatic carbocycles. The van der Waals surface area contributed by atoms with Crippen LogP contribution in [-0.2, 0) is 16.1 Å². The molecule has 0 spiro atoms. The summed E-state index contributed by atoms with van der Waals surface area (Å²) in [5.41, 5.74) is 1.71. The van der Waals surface area contributed by atoms with E-state index in [0.29, 0.717) is 11.4 Å². The number of hydrogen-bond acceptors (Lipinski definition) is 6. The van der Waals surface area contributed by atoms with Gasteiger partial charge in [-0.2, -0.15) is 0 Å². The summed E-state index contributed by atoms with van der Waals surface area (Å²) in [6.45, 7) is -0.0658. The molecule has 1 aromatic carbocycles. The molecule has 0 N–H and O–H groups in total. The molecule has 2 aromatic heterocycles. The highest BCUT2D eigenvalue weighted by atomic mass is 16.5. The number of carbonyl (C=O) groups is 2. The van der Waals surface area contributed by atoms with Crippen molar-refractivity contribution in [1.82, 2.24) is 14.5 Å². The number of benzene rings is 1. The highest BCUT2D eigenvalue weighted by molar-refractivity contribution is 5.88. The van der Waals surface area contributed by atoms with Gasteiger partial charge in [0, 0.05) is 5.69 Å². The van der Waals surface area contributed by atoms with Gasteiger partial charge in [0.1, 0.15) is 12.3 Å². The third-order valence-electron chi connectivity index (χ3n) is 3.43. The van der Waals surface area contributed by atoms with Gasteiger partial charge < -0.3 is 9.47 Å². The molecule has 0 radical (unpaired) electrons. The quantitative estimate of drug-likeness (QED) is 0.665. The van der Waals surface area contributed by atoms with Crippen LogP contribution in [0.1, 0.15) is 26.7 Å². The third-order valence-corrected chi connectivity index (χ3v) is 3.43. The van der Waals surface area contributed by atoms with E-state index in [0.717, 1.165) is 5.69 Å². The normalized spacial score (nSPS) is 10.3. The zero-order valence-corrected chi connectivity index (χ0v) is 13.5. The minimum atomic E-state index is -0.546. The second-order valence-corrected chi connectivity index (χ2v) is 5.07. The van der Waals surface area contributed by atoms with E-state index in [4.69, 9.17) is 4.74 Å². The fourth-order valence-electron chi connectivity index (χ4n) is 2.23. The van der Waals surface area contributed by atoms with Crippen molar-refractivity contribution in [3.05, 3.63) is 78.1 Å². The zero-order chi connectivity index (χ0) is 17.6. The molecule has 3 aromatic rings. The monoisotopic (exact) mass is 337 g/mol. The lowest BCUT2D eigenvalue weighted by atomic mass is 10.3. The van der Waals surface area contributed by atoms with Crippen molar-refractivity contribution < 1.29 is 19.1 Å². The Bertz CT molecular complexity index is 890. The molecule has 126 valence electrons. The van der Waals surface area contributed by atoms with Crippen LogP contribution >= 0.6 is 0 Å². The Labute approximate surface area is 143 Å². The van der Waals surface area contributed by atoms with Crippen LogP contribution in [0.4, 0.5) is 0 Å². The van der Waals surface area contributed by atoms with E-state index in [1.807, 2.05) is 30.3 Å². The summed E-state index contributed by atoms with van der Waals surface area (Å²) in [4.78, 5) is 31.9. The number of aromatic nitrogens is 3. The number of pyridine rings is 1. The standard InChI is InChI=1S/C18H15N3O4/c1-24-17(22)15-9-5-6-13(20-15)11-25-18(23)16-10-19-12-21(16)14-7-3-2-4-8-14/h2-10,12H,11H2,1H3. The summed E-state index contributed by atoms with van der Waals surface area (Å²) in [6, 6.07) is 14.2. The number of methoxy groups -OCH3 is 1. The number of nitrogens with zero attached hydrogens (tertiary/aromatic N) is 3.